The lowest BCUT2D eigenvalue weighted by Crippen LogP contribution is -2.27. The highest BCUT2D eigenvalue weighted by Crippen LogP contribution is 2.11. The Morgan fingerprint density at radius 1 is 1.44 bits per heavy atom. The number of carbonyl (C=O) groups excluding carboxylic acids is 1. The quantitative estimate of drug-likeness (QED) is 0.868. The van der Waals surface area contributed by atoms with E-state index in [1.54, 1.807) is 4.68 Å². The Morgan fingerprint density at radius 2 is 2.11 bits per heavy atom. The number of carbonyl (C=O) groups is 1. The van der Waals surface area contributed by atoms with Gasteiger partial charge in [0.05, 0.1) is 17.7 Å². The second-order valence-electron chi connectivity index (χ2n) is 6.03. The van der Waals surface area contributed by atoms with Crippen molar-refractivity contribution >= 4 is 5.91 Å². The molecule has 18 heavy (non-hydrogen) atoms. The molecule has 1 heterocycles. The topological polar surface area (TPSA) is 59.8 Å². The van der Waals surface area contributed by atoms with Crippen molar-refractivity contribution in [2.45, 2.75) is 53.0 Å². The average Bonchev–Trinajstić information content (AvgIpc) is 2.64. The van der Waals surface area contributed by atoms with Crippen molar-refractivity contribution in [1.82, 2.24) is 20.3 Å². The third-order valence-corrected chi connectivity index (χ3v) is 2.61. The van der Waals surface area contributed by atoms with E-state index in [0.29, 0.717) is 18.0 Å². The Balaban J connectivity index is 2.43. The largest absolute Gasteiger partial charge is 0.356 e. The van der Waals surface area contributed by atoms with E-state index in [0.717, 1.165) is 13.0 Å². The second-order valence-corrected chi connectivity index (χ2v) is 6.03. The molecule has 0 saturated heterocycles. The van der Waals surface area contributed by atoms with E-state index in [2.05, 4.69) is 29.5 Å². The molecular formula is C13H24N4O. The van der Waals surface area contributed by atoms with Gasteiger partial charge < -0.3 is 5.32 Å². The standard InChI is InChI=1S/C13H24N4O/c1-10(2)6-7-14-12(18)8-11-9-17(16-15-11)13(3,4)5/h9-10H,6-8H2,1-5H3,(H,14,18). The highest BCUT2D eigenvalue weighted by molar-refractivity contribution is 5.77. The SMILES string of the molecule is CC(C)CCNC(=O)Cc1cn(C(C)(C)C)nn1. The maximum absolute atomic E-state index is 11.7. The summed E-state index contributed by atoms with van der Waals surface area (Å²) in [6, 6.07) is 0. The van der Waals surface area contributed by atoms with Crippen molar-refractivity contribution < 1.29 is 4.79 Å². The third-order valence-electron chi connectivity index (χ3n) is 2.61. The fourth-order valence-electron chi connectivity index (χ4n) is 1.43. The highest BCUT2D eigenvalue weighted by atomic mass is 16.1. The van der Waals surface area contributed by atoms with E-state index in [1.165, 1.54) is 0 Å². The van der Waals surface area contributed by atoms with E-state index >= 15 is 0 Å². The van der Waals surface area contributed by atoms with Gasteiger partial charge in [-0.05, 0) is 33.1 Å². The smallest absolute Gasteiger partial charge is 0.226 e. The van der Waals surface area contributed by atoms with Crippen LogP contribution in [-0.4, -0.2) is 27.4 Å². The molecular weight excluding hydrogens is 228 g/mol. The number of rotatable bonds is 5. The van der Waals surface area contributed by atoms with Gasteiger partial charge in [0, 0.05) is 12.7 Å². The number of nitrogens with one attached hydrogen (secondary N) is 1. The summed E-state index contributed by atoms with van der Waals surface area (Å²) >= 11 is 0. The van der Waals surface area contributed by atoms with Crippen molar-refractivity contribution in [2.75, 3.05) is 6.54 Å². The molecule has 0 aliphatic carbocycles. The fourth-order valence-corrected chi connectivity index (χ4v) is 1.43. The van der Waals surface area contributed by atoms with Gasteiger partial charge in [0.15, 0.2) is 0 Å². The van der Waals surface area contributed by atoms with Crippen LogP contribution in [-0.2, 0) is 16.8 Å². The predicted molar refractivity (Wildman–Crippen MR) is 71.2 cm³/mol. The molecule has 5 heteroatoms. The second kappa shape index (κ2) is 5.98. The molecule has 0 radical (unpaired) electrons. The lowest BCUT2D eigenvalue weighted by atomic mass is 10.1. The normalized spacial score (nSPS) is 11.9. The lowest BCUT2D eigenvalue weighted by molar-refractivity contribution is -0.120. The molecule has 1 N–H and O–H groups in total. The van der Waals surface area contributed by atoms with Gasteiger partial charge in [0.1, 0.15) is 0 Å². The summed E-state index contributed by atoms with van der Waals surface area (Å²) in [7, 11) is 0. The molecule has 0 aromatic carbocycles. The molecule has 102 valence electrons. The Hall–Kier alpha value is -1.39. The molecule has 0 unspecified atom stereocenters. The Morgan fingerprint density at radius 3 is 2.61 bits per heavy atom. The first-order chi connectivity index (χ1) is 8.29. The van der Waals surface area contributed by atoms with Crippen LogP contribution in [0.3, 0.4) is 0 Å². The van der Waals surface area contributed by atoms with Crippen LogP contribution in [0.5, 0.6) is 0 Å². The molecule has 0 saturated carbocycles. The van der Waals surface area contributed by atoms with Crippen LogP contribution in [0, 0.1) is 5.92 Å². The summed E-state index contributed by atoms with van der Waals surface area (Å²) < 4.78 is 1.78. The zero-order valence-electron chi connectivity index (χ0n) is 12.0. The molecule has 1 aromatic heterocycles. The molecule has 0 aliphatic heterocycles. The molecule has 0 aliphatic rings. The van der Waals surface area contributed by atoms with Crippen molar-refractivity contribution in [3.63, 3.8) is 0 Å². The van der Waals surface area contributed by atoms with Crippen LogP contribution in [0.2, 0.25) is 0 Å². The summed E-state index contributed by atoms with van der Waals surface area (Å²) in [6.07, 6.45) is 3.14. The number of nitrogens with zero attached hydrogens (tertiary/aromatic N) is 3. The fraction of sp³-hybridized carbons (Fsp3) is 0.769. The summed E-state index contributed by atoms with van der Waals surface area (Å²) in [5, 5.41) is 10.9. The Labute approximate surface area is 109 Å². The number of hydrogen-bond donors (Lipinski definition) is 1. The van der Waals surface area contributed by atoms with E-state index in [-0.39, 0.29) is 11.4 Å². The zero-order chi connectivity index (χ0) is 13.8. The molecule has 0 fully saturated rings. The molecule has 1 rings (SSSR count). The number of hydrogen-bond acceptors (Lipinski definition) is 3. The van der Waals surface area contributed by atoms with E-state index in [9.17, 15) is 4.79 Å². The molecule has 1 aromatic rings. The van der Waals surface area contributed by atoms with E-state index in [1.807, 2.05) is 27.0 Å². The van der Waals surface area contributed by atoms with Gasteiger partial charge in [-0.15, -0.1) is 5.10 Å². The molecule has 0 spiro atoms. The summed E-state index contributed by atoms with van der Waals surface area (Å²) in [5.41, 5.74) is 0.617. The first-order valence-corrected chi connectivity index (χ1v) is 6.47. The predicted octanol–water partition coefficient (Wildman–Crippen LogP) is 1.74. The summed E-state index contributed by atoms with van der Waals surface area (Å²) in [4.78, 5) is 11.7. The van der Waals surface area contributed by atoms with E-state index < -0.39 is 0 Å². The molecule has 5 nitrogen and oxygen atoms in total. The van der Waals surface area contributed by atoms with Gasteiger partial charge in [0.25, 0.3) is 0 Å². The van der Waals surface area contributed by atoms with Crippen molar-refractivity contribution in [3.05, 3.63) is 11.9 Å². The van der Waals surface area contributed by atoms with Crippen molar-refractivity contribution in [1.29, 1.82) is 0 Å². The Kier molecular flexibility index (Phi) is 4.87. The number of amides is 1. The van der Waals surface area contributed by atoms with Crippen LogP contribution >= 0.6 is 0 Å². The Bertz CT molecular complexity index is 390. The van der Waals surface area contributed by atoms with Crippen LogP contribution in [0.15, 0.2) is 6.20 Å². The van der Waals surface area contributed by atoms with Crippen molar-refractivity contribution in [3.8, 4) is 0 Å². The lowest BCUT2D eigenvalue weighted by Gasteiger charge is -2.17. The number of aromatic nitrogens is 3. The van der Waals surface area contributed by atoms with Gasteiger partial charge >= 0.3 is 0 Å². The van der Waals surface area contributed by atoms with Crippen molar-refractivity contribution in [2.24, 2.45) is 5.92 Å². The first-order valence-electron chi connectivity index (χ1n) is 6.47. The minimum absolute atomic E-state index is 0.0107. The zero-order valence-corrected chi connectivity index (χ0v) is 12.0. The maximum Gasteiger partial charge on any atom is 0.226 e. The maximum atomic E-state index is 11.7. The first kappa shape index (κ1) is 14.7. The van der Waals surface area contributed by atoms with Gasteiger partial charge in [0.2, 0.25) is 5.91 Å². The monoisotopic (exact) mass is 252 g/mol. The minimum Gasteiger partial charge on any atom is -0.356 e. The molecule has 1 amide bonds. The van der Waals surface area contributed by atoms with Gasteiger partial charge in [-0.25, -0.2) is 4.68 Å². The van der Waals surface area contributed by atoms with E-state index in [4.69, 9.17) is 0 Å². The average molecular weight is 252 g/mol. The van der Waals surface area contributed by atoms with Gasteiger partial charge in [-0.1, -0.05) is 19.1 Å². The van der Waals surface area contributed by atoms with Gasteiger partial charge in [-0.3, -0.25) is 4.79 Å². The van der Waals surface area contributed by atoms with Crippen LogP contribution in [0.4, 0.5) is 0 Å². The van der Waals surface area contributed by atoms with Crippen LogP contribution in [0.25, 0.3) is 0 Å². The van der Waals surface area contributed by atoms with Crippen LogP contribution in [0.1, 0.15) is 46.7 Å². The molecule has 0 atom stereocenters. The minimum atomic E-state index is -0.0978. The van der Waals surface area contributed by atoms with Crippen LogP contribution < -0.4 is 5.32 Å². The highest BCUT2D eigenvalue weighted by Gasteiger charge is 2.16. The summed E-state index contributed by atoms with van der Waals surface area (Å²) in [6.45, 7) is 11.2. The third kappa shape index (κ3) is 4.85. The van der Waals surface area contributed by atoms with Gasteiger partial charge in [-0.2, -0.15) is 0 Å². The summed E-state index contributed by atoms with van der Waals surface area (Å²) in [5.74, 6) is 0.615. The molecule has 0 bridgehead atoms.